The smallest absolute Gasteiger partial charge is 0.335 e. The molecule has 92 valence electrons. The lowest BCUT2D eigenvalue weighted by atomic mass is 10.2. The zero-order chi connectivity index (χ0) is 13.1. The predicted molar refractivity (Wildman–Crippen MR) is 69.3 cm³/mol. The normalized spacial score (nSPS) is 10.3. The molecule has 2 aromatic heterocycles. The van der Waals surface area contributed by atoms with Crippen LogP contribution in [0.5, 0.6) is 0 Å². The minimum absolute atomic E-state index is 0.221. The number of rotatable bonds is 3. The first kappa shape index (κ1) is 12.9. The molecule has 18 heavy (non-hydrogen) atoms. The summed E-state index contributed by atoms with van der Waals surface area (Å²) in [5.74, 6) is -0.966. The van der Waals surface area contributed by atoms with Gasteiger partial charge in [0.15, 0.2) is 0 Å². The lowest BCUT2D eigenvalue weighted by Gasteiger charge is -2.03. The monoisotopic (exact) mass is 280 g/mol. The van der Waals surface area contributed by atoms with E-state index in [1.54, 1.807) is 19.1 Å². The maximum Gasteiger partial charge on any atom is 0.335 e. The second-order valence-electron chi connectivity index (χ2n) is 3.56. The van der Waals surface area contributed by atoms with E-state index in [2.05, 4.69) is 9.97 Å². The van der Waals surface area contributed by atoms with E-state index in [1.165, 1.54) is 30.1 Å². The van der Waals surface area contributed by atoms with E-state index in [9.17, 15) is 4.79 Å². The summed E-state index contributed by atoms with van der Waals surface area (Å²) in [6.07, 6.45) is 1.54. The van der Waals surface area contributed by atoms with Crippen molar-refractivity contribution in [3.05, 3.63) is 46.7 Å². The van der Waals surface area contributed by atoms with Crippen LogP contribution in [-0.2, 0) is 0 Å². The molecule has 0 aliphatic carbocycles. The maximum atomic E-state index is 10.9. The van der Waals surface area contributed by atoms with Crippen LogP contribution in [0.1, 0.15) is 16.1 Å². The Labute approximate surface area is 113 Å². The van der Waals surface area contributed by atoms with Gasteiger partial charge in [0.25, 0.3) is 0 Å². The number of aromatic nitrogens is 2. The molecule has 0 aliphatic rings. The number of hydrogen-bond donors (Lipinski definition) is 1. The number of halogens is 1. The molecular formula is C12H9ClN2O2S. The summed E-state index contributed by atoms with van der Waals surface area (Å²) in [6.45, 7) is 1.76. The van der Waals surface area contributed by atoms with E-state index in [4.69, 9.17) is 16.7 Å². The molecule has 6 heteroatoms. The topological polar surface area (TPSA) is 63.1 Å². The molecule has 2 rings (SSSR count). The average molecular weight is 281 g/mol. The SMILES string of the molecule is Cc1cc(C(=O)O)cc(Sc2ccc(Cl)cn2)n1. The van der Waals surface area contributed by atoms with Crippen molar-refractivity contribution in [2.24, 2.45) is 0 Å². The molecular weight excluding hydrogens is 272 g/mol. The highest BCUT2D eigenvalue weighted by atomic mass is 35.5. The van der Waals surface area contributed by atoms with Crippen molar-refractivity contribution in [3.8, 4) is 0 Å². The minimum Gasteiger partial charge on any atom is -0.478 e. The molecule has 0 aromatic carbocycles. The van der Waals surface area contributed by atoms with Crippen molar-refractivity contribution in [1.82, 2.24) is 9.97 Å². The van der Waals surface area contributed by atoms with E-state index < -0.39 is 5.97 Å². The van der Waals surface area contributed by atoms with Gasteiger partial charge in [-0.2, -0.15) is 0 Å². The van der Waals surface area contributed by atoms with Crippen LogP contribution < -0.4 is 0 Å². The Morgan fingerprint density at radius 2 is 2.11 bits per heavy atom. The Morgan fingerprint density at radius 1 is 1.33 bits per heavy atom. The van der Waals surface area contributed by atoms with Crippen LogP contribution in [0.15, 0.2) is 40.5 Å². The highest BCUT2D eigenvalue weighted by Gasteiger charge is 2.08. The molecule has 0 fully saturated rings. The third kappa shape index (κ3) is 3.21. The molecule has 0 unspecified atom stereocenters. The summed E-state index contributed by atoms with van der Waals surface area (Å²) in [6, 6.07) is 6.54. The third-order valence-electron chi connectivity index (χ3n) is 2.09. The molecule has 2 aromatic rings. The van der Waals surface area contributed by atoms with Gasteiger partial charge >= 0.3 is 5.97 Å². The molecule has 0 aliphatic heterocycles. The number of hydrogen-bond acceptors (Lipinski definition) is 4. The highest BCUT2D eigenvalue weighted by Crippen LogP contribution is 2.26. The molecule has 2 heterocycles. The van der Waals surface area contributed by atoms with Crippen LogP contribution in [0.4, 0.5) is 0 Å². The van der Waals surface area contributed by atoms with Gasteiger partial charge in [-0.3, -0.25) is 0 Å². The van der Waals surface area contributed by atoms with E-state index in [-0.39, 0.29) is 5.56 Å². The van der Waals surface area contributed by atoms with Crippen molar-refractivity contribution in [2.75, 3.05) is 0 Å². The molecule has 0 radical (unpaired) electrons. The predicted octanol–water partition coefficient (Wildman–Crippen LogP) is 3.29. The van der Waals surface area contributed by atoms with Crippen LogP contribution in [0.2, 0.25) is 5.02 Å². The third-order valence-corrected chi connectivity index (χ3v) is 3.18. The average Bonchev–Trinajstić information content (AvgIpc) is 2.31. The fourth-order valence-electron chi connectivity index (χ4n) is 1.34. The Kier molecular flexibility index (Phi) is 3.84. The summed E-state index contributed by atoms with van der Waals surface area (Å²) in [5, 5.41) is 10.8. The van der Waals surface area contributed by atoms with E-state index >= 15 is 0 Å². The summed E-state index contributed by atoms with van der Waals surface area (Å²) >= 11 is 7.04. The van der Waals surface area contributed by atoms with Gasteiger partial charge in [0.2, 0.25) is 0 Å². The van der Waals surface area contributed by atoms with Crippen LogP contribution in [0.25, 0.3) is 0 Å². The van der Waals surface area contributed by atoms with Crippen molar-refractivity contribution in [3.63, 3.8) is 0 Å². The lowest BCUT2D eigenvalue weighted by molar-refractivity contribution is 0.0696. The molecule has 1 N–H and O–H groups in total. The van der Waals surface area contributed by atoms with Gasteiger partial charge < -0.3 is 5.11 Å². The molecule has 0 saturated heterocycles. The summed E-state index contributed by atoms with van der Waals surface area (Å²) in [7, 11) is 0. The van der Waals surface area contributed by atoms with Crippen molar-refractivity contribution < 1.29 is 9.90 Å². The van der Waals surface area contributed by atoms with Gasteiger partial charge in [0, 0.05) is 11.9 Å². The quantitative estimate of drug-likeness (QED) is 0.935. The molecule has 0 saturated carbocycles. The first-order chi connectivity index (χ1) is 8.54. The zero-order valence-corrected chi connectivity index (χ0v) is 11.0. The number of carboxylic acid groups (broad SMARTS) is 1. The van der Waals surface area contributed by atoms with Crippen LogP contribution >= 0.6 is 23.4 Å². The van der Waals surface area contributed by atoms with Gasteiger partial charge in [-0.25, -0.2) is 14.8 Å². The number of carboxylic acids is 1. The van der Waals surface area contributed by atoms with Crippen molar-refractivity contribution in [1.29, 1.82) is 0 Å². The van der Waals surface area contributed by atoms with E-state index in [0.29, 0.717) is 20.8 Å². The number of nitrogens with zero attached hydrogens (tertiary/aromatic N) is 2. The van der Waals surface area contributed by atoms with Crippen molar-refractivity contribution in [2.45, 2.75) is 17.0 Å². The standard InChI is InChI=1S/C12H9ClN2O2S/c1-7-4-8(12(16)17)5-11(15-7)18-10-3-2-9(13)6-14-10/h2-6H,1H3,(H,16,17). The first-order valence-electron chi connectivity index (χ1n) is 5.06. The molecule has 0 spiro atoms. The Hall–Kier alpha value is -1.59. The Bertz CT molecular complexity index is 587. The van der Waals surface area contributed by atoms with Gasteiger partial charge in [-0.05, 0) is 31.2 Å². The van der Waals surface area contributed by atoms with Gasteiger partial charge in [0.1, 0.15) is 10.1 Å². The second kappa shape index (κ2) is 5.37. The summed E-state index contributed by atoms with van der Waals surface area (Å²) < 4.78 is 0. The summed E-state index contributed by atoms with van der Waals surface area (Å²) in [5.41, 5.74) is 0.880. The first-order valence-corrected chi connectivity index (χ1v) is 6.25. The minimum atomic E-state index is -0.966. The van der Waals surface area contributed by atoms with E-state index in [1.807, 2.05) is 0 Å². The van der Waals surface area contributed by atoms with Crippen LogP contribution in [0.3, 0.4) is 0 Å². The lowest BCUT2D eigenvalue weighted by Crippen LogP contribution is -1.99. The van der Waals surface area contributed by atoms with E-state index in [0.717, 1.165) is 0 Å². The fourth-order valence-corrected chi connectivity index (χ4v) is 2.29. The van der Waals surface area contributed by atoms with Crippen LogP contribution in [0, 0.1) is 6.92 Å². The molecule has 0 amide bonds. The highest BCUT2D eigenvalue weighted by molar-refractivity contribution is 7.99. The number of aromatic carboxylic acids is 1. The number of pyridine rings is 2. The maximum absolute atomic E-state index is 10.9. The number of carbonyl (C=O) groups is 1. The van der Waals surface area contributed by atoms with Gasteiger partial charge in [-0.1, -0.05) is 23.4 Å². The Balaban J connectivity index is 2.28. The Morgan fingerprint density at radius 3 is 2.72 bits per heavy atom. The zero-order valence-electron chi connectivity index (χ0n) is 9.42. The molecule has 0 atom stereocenters. The second-order valence-corrected chi connectivity index (χ2v) is 5.03. The molecule has 0 bridgehead atoms. The van der Waals surface area contributed by atoms with Gasteiger partial charge in [0.05, 0.1) is 10.6 Å². The largest absolute Gasteiger partial charge is 0.478 e. The van der Waals surface area contributed by atoms with Gasteiger partial charge in [-0.15, -0.1) is 0 Å². The van der Waals surface area contributed by atoms with Crippen LogP contribution in [-0.4, -0.2) is 21.0 Å². The summed E-state index contributed by atoms with van der Waals surface area (Å²) in [4.78, 5) is 19.3. The van der Waals surface area contributed by atoms with Crippen molar-refractivity contribution >= 4 is 29.3 Å². The fraction of sp³-hybridized carbons (Fsp3) is 0.0833. The number of aryl methyl sites for hydroxylation is 1. The molecule has 4 nitrogen and oxygen atoms in total.